The summed E-state index contributed by atoms with van der Waals surface area (Å²) in [5, 5.41) is 57.2. The van der Waals surface area contributed by atoms with Gasteiger partial charge in [-0.2, -0.15) is 9.97 Å². The Kier molecular flexibility index (Phi) is 15.1. The lowest BCUT2D eigenvalue weighted by Crippen LogP contribution is -2.33. The van der Waals surface area contributed by atoms with Gasteiger partial charge in [0.1, 0.15) is 12.2 Å². The molecule has 32 heteroatoms. The summed E-state index contributed by atoms with van der Waals surface area (Å²) in [6.07, 6.45) is -5.15. The zero-order chi connectivity index (χ0) is 44.4. The molecule has 4 heterocycles. The Morgan fingerprint density at radius 3 is 1.53 bits per heavy atom. The number of halogens is 2. The van der Waals surface area contributed by atoms with Gasteiger partial charge >= 0.3 is 27.1 Å². The molecule has 12 N–H and O–H groups in total. The third-order valence-electron chi connectivity index (χ3n) is 9.34. The second-order valence-electron chi connectivity index (χ2n) is 13.3. The molecule has 332 valence electrons. The number of hydrogen-bond donors (Lipinski definition) is 10. The molecule has 2 unspecified atom stereocenters. The van der Waals surface area contributed by atoms with E-state index in [0.717, 1.165) is 0 Å². The molecule has 4 aromatic rings. The molecule has 0 aliphatic heterocycles. The molecule has 0 aromatic carbocycles. The van der Waals surface area contributed by atoms with E-state index in [1.807, 2.05) is 0 Å². The SMILES string of the molecule is CCOC(=O)C(OC[C@H]1C[C@@H](n2nnc3c(N)nc(Br)nc32)[C@H](O)[C@@H]1O)P(=O)(O)O.CCOC(=O)C(OC[C@H]1C[C@@H](n2nnc3c(N)nc(Cl)nc32)[C@H](O)[C@@H]1O)P(=O)(O)O. The largest absolute Gasteiger partial charge is 0.464 e. The molecule has 0 amide bonds. The van der Waals surface area contributed by atoms with Crippen molar-refractivity contribution < 1.29 is 77.7 Å². The molecule has 2 saturated carbocycles. The number of aliphatic hydroxyl groups is 4. The van der Waals surface area contributed by atoms with Gasteiger partial charge in [0, 0.05) is 11.8 Å². The summed E-state index contributed by atoms with van der Waals surface area (Å²) in [6.45, 7) is 1.91. The Morgan fingerprint density at radius 1 is 0.733 bits per heavy atom. The molecule has 60 heavy (non-hydrogen) atoms. The number of nitrogens with zero attached hydrogens (tertiary/aromatic N) is 10. The fourth-order valence-electron chi connectivity index (χ4n) is 6.57. The first-order valence-corrected chi connectivity index (χ1v) is 22.1. The van der Waals surface area contributed by atoms with Crippen LogP contribution in [0.5, 0.6) is 0 Å². The number of rotatable bonds is 14. The van der Waals surface area contributed by atoms with Gasteiger partial charge in [0.05, 0.1) is 50.7 Å². The number of fused-ring (bicyclic) bond motifs is 2. The minimum absolute atomic E-state index is 0.0110. The van der Waals surface area contributed by atoms with Crippen LogP contribution in [0, 0.1) is 11.8 Å². The zero-order valence-corrected chi connectivity index (χ0v) is 35.3. The lowest BCUT2D eigenvalue weighted by Gasteiger charge is -2.21. The van der Waals surface area contributed by atoms with Crippen molar-refractivity contribution >= 4 is 88.6 Å². The Hall–Kier alpha value is -3.67. The van der Waals surface area contributed by atoms with Crippen molar-refractivity contribution in [1.29, 1.82) is 0 Å². The van der Waals surface area contributed by atoms with Gasteiger partial charge in [-0.1, -0.05) is 10.4 Å². The smallest absolute Gasteiger partial charge is 0.365 e. The van der Waals surface area contributed by atoms with E-state index in [2.05, 4.69) is 66.0 Å². The number of aliphatic hydroxyl groups excluding tert-OH is 4. The van der Waals surface area contributed by atoms with Gasteiger partial charge in [0.15, 0.2) is 34.0 Å². The van der Waals surface area contributed by atoms with Crippen LogP contribution in [0.3, 0.4) is 0 Å². The number of nitrogen functional groups attached to an aromatic ring is 2. The van der Waals surface area contributed by atoms with Crippen LogP contribution in [-0.2, 0) is 37.7 Å². The summed E-state index contributed by atoms with van der Waals surface area (Å²) in [7, 11) is -9.94. The normalized spacial score (nSPS) is 25.5. The Bertz CT molecular complexity index is 2130. The predicted octanol–water partition coefficient (Wildman–Crippen LogP) is -2.24. The van der Waals surface area contributed by atoms with Crippen LogP contribution in [0.25, 0.3) is 22.3 Å². The number of ether oxygens (including phenoxy) is 4. The highest BCUT2D eigenvalue weighted by Gasteiger charge is 2.48. The molecule has 4 aromatic heterocycles. The van der Waals surface area contributed by atoms with E-state index >= 15 is 0 Å². The second-order valence-corrected chi connectivity index (χ2v) is 17.7. The molecule has 2 aliphatic rings. The Morgan fingerprint density at radius 2 is 1.13 bits per heavy atom. The number of aromatic nitrogens is 10. The van der Waals surface area contributed by atoms with Crippen LogP contribution in [0.15, 0.2) is 4.73 Å². The van der Waals surface area contributed by atoms with Crippen molar-refractivity contribution in [2.75, 3.05) is 37.9 Å². The number of anilines is 2. The zero-order valence-electron chi connectivity index (χ0n) is 31.1. The highest BCUT2D eigenvalue weighted by atomic mass is 79.9. The van der Waals surface area contributed by atoms with Gasteiger partial charge in [-0.25, -0.2) is 28.9 Å². The van der Waals surface area contributed by atoms with E-state index in [9.17, 15) is 58.7 Å². The molecule has 0 radical (unpaired) electrons. The van der Waals surface area contributed by atoms with E-state index in [-0.39, 0.29) is 70.0 Å². The molecule has 10 atom stereocenters. The maximum atomic E-state index is 11.8. The minimum Gasteiger partial charge on any atom is -0.464 e. The summed E-state index contributed by atoms with van der Waals surface area (Å²) in [5.74, 6) is -8.20. The first-order chi connectivity index (χ1) is 28.1. The standard InChI is InChI=1S/C14H20BrN6O8P.C14H20ClN6O8P/c2*1-2-28-12(24)13(30(25,26)27)29-4-5-3-6(9(23)8(5)22)21-11-7(19-20-21)10(16)17-14(15)18-11/h2*5-6,8-9,13,22-23H,2-4H2,1H3,(H2,16,17,18)(H2,25,26,27)/t2*5-,6-,8-,9+,13?/m11/s1. The quantitative estimate of drug-likeness (QED) is 0.0363. The van der Waals surface area contributed by atoms with Crippen LogP contribution in [-0.4, -0.2) is 164 Å². The molecule has 0 saturated heterocycles. The van der Waals surface area contributed by atoms with Gasteiger partial charge < -0.3 is 70.4 Å². The summed E-state index contributed by atoms with van der Waals surface area (Å²) >= 11 is 8.93. The Labute approximate surface area is 350 Å². The topological polar surface area (TPSA) is 432 Å². The van der Waals surface area contributed by atoms with E-state index in [1.165, 1.54) is 23.2 Å². The van der Waals surface area contributed by atoms with E-state index < -0.39 is 100 Å². The molecular formula is C28H40BrClN12O16P2. The van der Waals surface area contributed by atoms with Crippen molar-refractivity contribution in [2.45, 2.75) is 74.9 Å². The van der Waals surface area contributed by atoms with Crippen molar-refractivity contribution in [2.24, 2.45) is 11.8 Å². The Balaban J connectivity index is 0.000000228. The molecular weight excluding hydrogens is 938 g/mol. The van der Waals surface area contributed by atoms with E-state index in [4.69, 9.17) is 32.5 Å². The maximum Gasteiger partial charge on any atom is 0.365 e. The number of esters is 2. The number of carbonyl (C=O) groups is 2. The highest BCUT2D eigenvalue weighted by Crippen LogP contribution is 2.45. The third-order valence-corrected chi connectivity index (χ3v) is 11.8. The minimum atomic E-state index is -4.97. The predicted molar refractivity (Wildman–Crippen MR) is 203 cm³/mol. The molecule has 0 spiro atoms. The highest BCUT2D eigenvalue weighted by molar-refractivity contribution is 9.10. The maximum absolute atomic E-state index is 11.8. The number of nitrogens with two attached hydrogens (primary N) is 2. The lowest BCUT2D eigenvalue weighted by atomic mass is 10.1. The molecule has 2 aliphatic carbocycles. The summed E-state index contributed by atoms with van der Waals surface area (Å²) in [6, 6.07) is -1.60. The summed E-state index contributed by atoms with van der Waals surface area (Å²) < 4.78 is 45.3. The van der Waals surface area contributed by atoms with Crippen LogP contribution in [0.4, 0.5) is 11.6 Å². The molecule has 2 fully saturated rings. The van der Waals surface area contributed by atoms with Crippen LogP contribution >= 0.6 is 42.7 Å². The lowest BCUT2D eigenvalue weighted by molar-refractivity contribution is -0.154. The average molecular weight is 978 g/mol. The van der Waals surface area contributed by atoms with Crippen molar-refractivity contribution in [3.8, 4) is 0 Å². The van der Waals surface area contributed by atoms with Crippen molar-refractivity contribution in [3.05, 3.63) is 10.0 Å². The van der Waals surface area contributed by atoms with Gasteiger partial charge in [-0.05, 0) is 54.2 Å². The summed E-state index contributed by atoms with van der Waals surface area (Å²) in [5.41, 5.74) is 12.3. The van der Waals surface area contributed by atoms with E-state index in [1.54, 1.807) is 0 Å². The fraction of sp³-hybridized carbons (Fsp3) is 0.643. The van der Waals surface area contributed by atoms with Gasteiger partial charge in [0.2, 0.25) is 10.0 Å². The first-order valence-electron chi connectivity index (χ1n) is 17.6. The van der Waals surface area contributed by atoms with Gasteiger partial charge in [-0.15, -0.1) is 10.2 Å². The van der Waals surface area contributed by atoms with Crippen molar-refractivity contribution in [1.82, 2.24) is 49.9 Å². The van der Waals surface area contributed by atoms with Crippen molar-refractivity contribution in [3.63, 3.8) is 0 Å². The molecule has 6 rings (SSSR count). The molecule has 28 nitrogen and oxygen atoms in total. The average Bonchev–Trinajstić information content (AvgIpc) is 3.90. The van der Waals surface area contributed by atoms with Crippen LogP contribution in [0.1, 0.15) is 38.8 Å². The second kappa shape index (κ2) is 19.2. The van der Waals surface area contributed by atoms with E-state index in [0.29, 0.717) is 0 Å². The summed E-state index contributed by atoms with van der Waals surface area (Å²) in [4.78, 5) is 76.8. The monoisotopic (exact) mass is 976 g/mol. The van der Waals surface area contributed by atoms with Gasteiger partial charge in [0.25, 0.3) is 11.7 Å². The first kappa shape index (κ1) is 47.4. The molecule has 0 bridgehead atoms. The van der Waals surface area contributed by atoms with Crippen LogP contribution < -0.4 is 11.5 Å². The number of carbonyl (C=O) groups excluding carboxylic acids is 2. The van der Waals surface area contributed by atoms with Crippen LogP contribution in [0.2, 0.25) is 5.28 Å². The van der Waals surface area contributed by atoms with Gasteiger partial charge in [-0.3, -0.25) is 9.13 Å². The number of hydrogen-bond acceptors (Lipinski definition) is 22. The fourth-order valence-corrected chi connectivity index (χ4v) is 8.36. The third kappa shape index (κ3) is 10.3.